The van der Waals surface area contributed by atoms with Crippen molar-refractivity contribution in [3.63, 3.8) is 0 Å². The van der Waals surface area contributed by atoms with E-state index in [1.54, 1.807) is 7.11 Å². The van der Waals surface area contributed by atoms with Crippen LogP contribution in [-0.4, -0.2) is 50.1 Å². The largest absolute Gasteiger partial charge is 0.494 e. The van der Waals surface area contributed by atoms with Gasteiger partial charge in [0.15, 0.2) is 0 Å². The van der Waals surface area contributed by atoms with E-state index in [1.165, 1.54) is 4.90 Å². The molecule has 0 saturated heterocycles. The van der Waals surface area contributed by atoms with Gasteiger partial charge in [-0.2, -0.15) is 0 Å². The molecule has 6 heteroatoms. The Balaban J connectivity index is 2.10. The van der Waals surface area contributed by atoms with Crippen LogP contribution in [0.15, 0.2) is 60.3 Å². The van der Waals surface area contributed by atoms with Gasteiger partial charge in [0.05, 0.1) is 25.3 Å². The molecule has 2 aromatic carbocycles. The molecule has 2 aromatic rings. The lowest BCUT2D eigenvalue weighted by Crippen LogP contribution is -2.37. The van der Waals surface area contributed by atoms with Crippen LogP contribution in [-0.2, 0) is 14.3 Å². The van der Waals surface area contributed by atoms with Gasteiger partial charge < -0.3 is 14.4 Å². The summed E-state index contributed by atoms with van der Waals surface area (Å²) in [6, 6.07) is 16.9. The number of amides is 2. The van der Waals surface area contributed by atoms with Crippen LogP contribution in [0.3, 0.4) is 0 Å². The minimum Gasteiger partial charge on any atom is -0.494 e. The third kappa shape index (κ3) is 4.17. The van der Waals surface area contributed by atoms with Gasteiger partial charge in [-0.05, 0) is 43.7 Å². The summed E-state index contributed by atoms with van der Waals surface area (Å²) < 4.78 is 10.6. The molecule has 152 valence electrons. The van der Waals surface area contributed by atoms with Crippen LogP contribution in [0.5, 0.6) is 5.75 Å². The van der Waals surface area contributed by atoms with Gasteiger partial charge in [0.1, 0.15) is 11.4 Å². The van der Waals surface area contributed by atoms with E-state index in [1.807, 2.05) is 73.3 Å². The van der Waals surface area contributed by atoms with Crippen molar-refractivity contribution in [2.24, 2.45) is 0 Å². The van der Waals surface area contributed by atoms with E-state index in [0.29, 0.717) is 36.6 Å². The first-order valence-corrected chi connectivity index (χ1v) is 9.77. The topological polar surface area (TPSA) is 59.1 Å². The van der Waals surface area contributed by atoms with Gasteiger partial charge in [0.2, 0.25) is 0 Å². The van der Waals surface area contributed by atoms with E-state index in [2.05, 4.69) is 0 Å². The standard InChI is InChI=1S/C23H26N2O4/c1-4-24(18-9-7-6-8-10-18)21-20(17-11-13-19(14-12-17)29-5-2)22(26)25(23(21)27)15-16-28-3/h6-14H,4-5,15-16H2,1-3H3. The molecule has 3 rings (SSSR count). The zero-order valence-electron chi connectivity index (χ0n) is 17.1. The predicted molar refractivity (Wildman–Crippen MR) is 113 cm³/mol. The van der Waals surface area contributed by atoms with Crippen LogP contribution in [0.1, 0.15) is 19.4 Å². The molecule has 1 heterocycles. The van der Waals surface area contributed by atoms with E-state index in [9.17, 15) is 9.59 Å². The number of ether oxygens (including phenoxy) is 2. The Morgan fingerprint density at radius 2 is 1.62 bits per heavy atom. The molecule has 6 nitrogen and oxygen atoms in total. The highest BCUT2D eigenvalue weighted by Crippen LogP contribution is 2.34. The van der Waals surface area contributed by atoms with E-state index in [0.717, 1.165) is 11.4 Å². The molecular formula is C23H26N2O4. The van der Waals surface area contributed by atoms with Gasteiger partial charge in [-0.1, -0.05) is 30.3 Å². The van der Waals surface area contributed by atoms with Gasteiger partial charge in [-0.25, -0.2) is 0 Å². The Kier molecular flexibility index (Phi) is 6.67. The third-order valence-corrected chi connectivity index (χ3v) is 4.77. The number of imide groups is 1. The molecular weight excluding hydrogens is 368 g/mol. The fourth-order valence-electron chi connectivity index (χ4n) is 3.42. The summed E-state index contributed by atoms with van der Waals surface area (Å²) in [7, 11) is 1.55. The first kappa shape index (κ1) is 20.6. The normalized spacial score (nSPS) is 14.0. The molecule has 0 radical (unpaired) electrons. The van der Waals surface area contributed by atoms with Crippen LogP contribution >= 0.6 is 0 Å². The average Bonchev–Trinajstić information content (AvgIpc) is 2.99. The molecule has 0 fully saturated rings. The van der Waals surface area contributed by atoms with Crippen molar-refractivity contribution in [1.29, 1.82) is 0 Å². The number of para-hydroxylation sites is 1. The summed E-state index contributed by atoms with van der Waals surface area (Å²) in [6.07, 6.45) is 0. The Hall–Kier alpha value is -3.12. The van der Waals surface area contributed by atoms with Gasteiger partial charge in [-0.15, -0.1) is 0 Å². The van der Waals surface area contributed by atoms with Crippen molar-refractivity contribution in [1.82, 2.24) is 4.90 Å². The Labute approximate surface area is 171 Å². The maximum Gasteiger partial charge on any atom is 0.278 e. The molecule has 29 heavy (non-hydrogen) atoms. The maximum absolute atomic E-state index is 13.3. The summed E-state index contributed by atoms with van der Waals surface area (Å²) in [5.41, 5.74) is 2.35. The summed E-state index contributed by atoms with van der Waals surface area (Å²) in [6.45, 7) is 5.50. The molecule has 0 unspecified atom stereocenters. The fourth-order valence-corrected chi connectivity index (χ4v) is 3.42. The molecule has 0 saturated carbocycles. The first-order valence-electron chi connectivity index (χ1n) is 9.77. The number of carbonyl (C=O) groups is 2. The highest BCUT2D eigenvalue weighted by Gasteiger charge is 2.41. The van der Waals surface area contributed by atoms with Gasteiger partial charge >= 0.3 is 0 Å². The quantitative estimate of drug-likeness (QED) is 0.611. The summed E-state index contributed by atoms with van der Waals surface area (Å²) in [5, 5.41) is 0. The minimum atomic E-state index is -0.305. The van der Waals surface area contributed by atoms with E-state index in [-0.39, 0.29) is 18.4 Å². The number of hydrogen-bond donors (Lipinski definition) is 0. The van der Waals surface area contributed by atoms with Gasteiger partial charge in [0, 0.05) is 19.3 Å². The van der Waals surface area contributed by atoms with Crippen LogP contribution in [0.4, 0.5) is 5.69 Å². The fraction of sp³-hybridized carbons (Fsp3) is 0.304. The van der Waals surface area contributed by atoms with Crippen molar-refractivity contribution in [3.8, 4) is 5.75 Å². The SMILES string of the molecule is CCOc1ccc(C2=C(N(CC)c3ccccc3)C(=O)N(CCOC)C2=O)cc1. The second kappa shape index (κ2) is 9.39. The van der Waals surface area contributed by atoms with Crippen LogP contribution in [0.2, 0.25) is 0 Å². The number of carbonyl (C=O) groups excluding carboxylic acids is 2. The Morgan fingerprint density at radius 3 is 2.21 bits per heavy atom. The molecule has 1 aliphatic rings. The van der Waals surface area contributed by atoms with E-state index < -0.39 is 0 Å². The van der Waals surface area contributed by atoms with Crippen molar-refractivity contribution in [3.05, 3.63) is 65.9 Å². The van der Waals surface area contributed by atoms with Crippen molar-refractivity contribution >= 4 is 23.1 Å². The van der Waals surface area contributed by atoms with Crippen LogP contribution in [0, 0.1) is 0 Å². The van der Waals surface area contributed by atoms with Crippen LogP contribution in [0.25, 0.3) is 5.57 Å². The third-order valence-electron chi connectivity index (χ3n) is 4.77. The highest BCUT2D eigenvalue weighted by molar-refractivity contribution is 6.36. The second-order valence-electron chi connectivity index (χ2n) is 6.52. The molecule has 0 aromatic heterocycles. The van der Waals surface area contributed by atoms with Crippen molar-refractivity contribution in [2.45, 2.75) is 13.8 Å². The molecule has 0 aliphatic carbocycles. The van der Waals surface area contributed by atoms with Crippen molar-refractivity contribution < 1.29 is 19.1 Å². The number of nitrogens with zero attached hydrogens (tertiary/aromatic N) is 2. The lowest BCUT2D eigenvalue weighted by molar-refractivity contribution is -0.137. The Bertz CT molecular complexity index is 891. The van der Waals surface area contributed by atoms with Gasteiger partial charge in [-0.3, -0.25) is 14.5 Å². The number of hydrogen-bond acceptors (Lipinski definition) is 5. The number of benzene rings is 2. The van der Waals surface area contributed by atoms with E-state index >= 15 is 0 Å². The zero-order chi connectivity index (χ0) is 20.8. The highest BCUT2D eigenvalue weighted by atomic mass is 16.5. The van der Waals surface area contributed by atoms with Crippen molar-refractivity contribution in [2.75, 3.05) is 38.3 Å². The zero-order valence-corrected chi connectivity index (χ0v) is 17.1. The Morgan fingerprint density at radius 1 is 0.931 bits per heavy atom. The summed E-state index contributed by atoms with van der Waals surface area (Å²) in [5.74, 6) is 0.115. The minimum absolute atomic E-state index is 0.213. The smallest absolute Gasteiger partial charge is 0.278 e. The average molecular weight is 394 g/mol. The molecule has 0 bridgehead atoms. The first-order chi connectivity index (χ1) is 14.1. The number of methoxy groups -OCH3 is 1. The molecule has 1 aliphatic heterocycles. The maximum atomic E-state index is 13.3. The summed E-state index contributed by atoms with van der Waals surface area (Å²) >= 11 is 0. The van der Waals surface area contributed by atoms with Gasteiger partial charge in [0.25, 0.3) is 11.8 Å². The monoisotopic (exact) mass is 394 g/mol. The second-order valence-corrected chi connectivity index (χ2v) is 6.52. The molecule has 0 N–H and O–H groups in total. The molecule has 0 spiro atoms. The number of likely N-dealkylation sites (N-methyl/N-ethyl adjacent to an activating group) is 1. The predicted octanol–water partition coefficient (Wildman–Crippen LogP) is 3.34. The number of anilines is 1. The summed E-state index contributed by atoms with van der Waals surface area (Å²) in [4.78, 5) is 29.7. The molecule has 0 atom stereocenters. The van der Waals surface area contributed by atoms with E-state index in [4.69, 9.17) is 9.47 Å². The molecule has 2 amide bonds. The number of rotatable bonds is 9. The van der Waals surface area contributed by atoms with Crippen LogP contribution < -0.4 is 9.64 Å². The lowest BCUT2D eigenvalue weighted by atomic mass is 10.0. The lowest BCUT2D eigenvalue weighted by Gasteiger charge is -2.24.